The summed E-state index contributed by atoms with van der Waals surface area (Å²) in [5.74, 6) is 1.34. The molecule has 0 spiro atoms. The van der Waals surface area contributed by atoms with Gasteiger partial charge in [0.05, 0.1) is 22.8 Å². The van der Waals surface area contributed by atoms with Crippen LogP contribution in [0.2, 0.25) is 10.0 Å². The van der Waals surface area contributed by atoms with Gasteiger partial charge in [0.1, 0.15) is 0 Å². The maximum atomic E-state index is 6.21. The lowest BCUT2D eigenvalue weighted by molar-refractivity contribution is 0.0411. The average molecular weight is 314 g/mol. The van der Waals surface area contributed by atoms with Crippen LogP contribution < -0.4 is 5.32 Å². The van der Waals surface area contributed by atoms with E-state index in [0.29, 0.717) is 28.0 Å². The van der Waals surface area contributed by atoms with E-state index in [9.17, 15) is 0 Å². The summed E-state index contributed by atoms with van der Waals surface area (Å²) in [4.78, 5) is 0. The molecule has 2 nitrogen and oxygen atoms in total. The molecule has 1 heterocycles. The molecule has 4 heteroatoms. The highest BCUT2D eigenvalue weighted by Gasteiger charge is 2.67. The second-order valence-corrected chi connectivity index (χ2v) is 6.88. The molecule has 3 rings (SSSR count). The van der Waals surface area contributed by atoms with Gasteiger partial charge in [-0.15, -0.1) is 0 Å². The highest BCUT2D eigenvalue weighted by atomic mass is 35.5. The van der Waals surface area contributed by atoms with Crippen molar-refractivity contribution >= 4 is 23.2 Å². The van der Waals surface area contributed by atoms with Crippen molar-refractivity contribution in [3.05, 3.63) is 33.8 Å². The van der Waals surface area contributed by atoms with Crippen LogP contribution in [0, 0.1) is 11.8 Å². The number of nitrogens with one attached hydrogen (secondary N) is 1. The van der Waals surface area contributed by atoms with Crippen molar-refractivity contribution in [3.8, 4) is 0 Å². The molecule has 1 aliphatic heterocycles. The molecule has 20 heavy (non-hydrogen) atoms. The number of rotatable bonds is 5. The fourth-order valence-electron chi connectivity index (χ4n) is 3.56. The van der Waals surface area contributed by atoms with E-state index >= 15 is 0 Å². The standard InChI is InChI=1S/C16H21Cl2NO/c1-3-10(2)20-9-16(12-7-19-8-13(12)16)11-4-5-14(17)15(18)6-11/h4-6,10,12-13,19H,3,7-9H2,1-2H3/t10?,12-,13?,16?/m1/s1. The predicted molar refractivity (Wildman–Crippen MR) is 83.7 cm³/mol. The van der Waals surface area contributed by atoms with Crippen LogP contribution in [0.3, 0.4) is 0 Å². The smallest absolute Gasteiger partial charge is 0.0595 e. The number of ether oxygens (including phenoxy) is 1. The van der Waals surface area contributed by atoms with Crippen molar-refractivity contribution in [1.82, 2.24) is 5.32 Å². The second kappa shape index (κ2) is 5.49. The van der Waals surface area contributed by atoms with Crippen LogP contribution in [0.4, 0.5) is 0 Å². The van der Waals surface area contributed by atoms with Crippen molar-refractivity contribution in [1.29, 1.82) is 0 Å². The largest absolute Gasteiger partial charge is 0.378 e. The summed E-state index contributed by atoms with van der Waals surface area (Å²) >= 11 is 12.3. The van der Waals surface area contributed by atoms with Crippen LogP contribution in [0.5, 0.6) is 0 Å². The molecule has 1 saturated carbocycles. The third-order valence-corrected chi connectivity index (χ3v) is 5.81. The molecule has 3 unspecified atom stereocenters. The fourth-order valence-corrected chi connectivity index (χ4v) is 3.85. The summed E-state index contributed by atoms with van der Waals surface area (Å²) in [5, 5.41) is 4.73. The molecule has 1 aromatic rings. The molecule has 1 aromatic carbocycles. The maximum absolute atomic E-state index is 6.21. The van der Waals surface area contributed by atoms with E-state index in [4.69, 9.17) is 27.9 Å². The van der Waals surface area contributed by atoms with Crippen LogP contribution in [-0.2, 0) is 10.2 Å². The molecule has 0 aromatic heterocycles. The zero-order chi connectivity index (χ0) is 14.3. The normalized spacial score (nSPS) is 33.0. The van der Waals surface area contributed by atoms with Crippen molar-refractivity contribution in [2.75, 3.05) is 19.7 Å². The van der Waals surface area contributed by atoms with Crippen molar-refractivity contribution < 1.29 is 4.74 Å². The lowest BCUT2D eigenvalue weighted by Crippen LogP contribution is -2.31. The van der Waals surface area contributed by atoms with Gasteiger partial charge in [-0.05, 0) is 56.0 Å². The van der Waals surface area contributed by atoms with E-state index in [2.05, 4.69) is 25.2 Å². The number of benzene rings is 1. The Balaban J connectivity index is 1.85. The van der Waals surface area contributed by atoms with Crippen LogP contribution >= 0.6 is 23.2 Å². The van der Waals surface area contributed by atoms with Crippen molar-refractivity contribution in [3.63, 3.8) is 0 Å². The Kier molecular flexibility index (Phi) is 4.02. The van der Waals surface area contributed by atoms with Gasteiger partial charge in [0.2, 0.25) is 0 Å². The number of fused-ring (bicyclic) bond motifs is 1. The average Bonchev–Trinajstić information content (AvgIpc) is 2.82. The Morgan fingerprint density at radius 2 is 2.00 bits per heavy atom. The van der Waals surface area contributed by atoms with E-state index < -0.39 is 0 Å². The van der Waals surface area contributed by atoms with Gasteiger partial charge in [-0.3, -0.25) is 0 Å². The lowest BCUT2D eigenvalue weighted by atomic mass is 9.91. The Bertz CT molecular complexity index is 495. The predicted octanol–water partition coefficient (Wildman–Crippen LogP) is 3.90. The summed E-state index contributed by atoms with van der Waals surface area (Å²) in [7, 11) is 0. The number of hydrogen-bond donors (Lipinski definition) is 1. The van der Waals surface area contributed by atoms with Gasteiger partial charge >= 0.3 is 0 Å². The minimum atomic E-state index is 0.142. The summed E-state index contributed by atoms with van der Waals surface area (Å²) in [6.07, 6.45) is 1.36. The molecule has 0 bridgehead atoms. The molecular formula is C16H21Cl2NO. The molecule has 1 saturated heterocycles. The molecule has 1 aliphatic carbocycles. The van der Waals surface area contributed by atoms with Crippen molar-refractivity contribution in [2.45, 2.75) is 31.8 Å². The highest BCUT2D eigenvalue weighted by Crippen LogP contribution is 2.62. The summed E-state index contributed by atoms with van der Waals surface area (Å²) < 4.78 is 6.08. The Labute approximate surface area is 130 Å². The first kappa shape index (κ1) is 14.6. The monoisotopic (exact) mass is 313 g/mol. The molecule has 0 radical (unpaired) electrons. The molecule has 2 aliphatic rings. The highest BCUT2D eigenvalue weighted by molar-refractivity contribution is 6.42. The number of piperidine rings is 1. The maximum Gasteiger partial charge on any atom is 0.0595 e. The van der Waals surface area contributed by atoms with Gasteiger partial charge in [-0.2, -0.15) is 0 Å². The van der Waals surface area contributed by atoms with E-state index in [1.54, 1.807) is 0 Å². The molecule has 2 fully saturated rings. The first-order valence-corrected chi connectivity index (χ1v) is 8.13. The summed E-state index contributed by atoms with van der Waals surface area (Å²) in [6, 6.07) is 6.06. The molecule has 1 N–H and O–H groups in total. The Morgan fingerprint density at radius 3 is 2.60 bits per heavy atom. The van der Waals surface area contributed by atoms with Gasteiger partial charge in [0.25, 0.3) is 0 Å². The summed E-state index contributed by atoms with van der Waals surface area (Å²) in [5.41, 5.74) is 1.43. The lowest BCUT2D eigenvalue weighted by Gasteiger charge is -2.24. The first-order valence-electron chi connectivity index (χ1n) is 7.37. The van der Waals surface area contributed by atoms with Gasteiger partial charge in [-0.1, -0.05) is 36.2 Å². The second-order valence-electron chi connectivity index (χ2n) is 6.07. The Hall–Kier alpha value is -0.280. The first-order chi connectivity index (χ1) is 9.59. The number of hydrogen-bond acceptors (Lipinski definition) is 2. The van der Waals surface area contributed by atoms with Crippen molar-refractivity contribution in [2.24, 2.45) is 11.8 Å². The fraction of sp³-hybridized carbons (Fsp3) is 0.625. The number of halogens is 2. The van der Waals surface area contributed by atoms with E-state index in [1.165, 1.54) is 5.56 Å². The van der Waals surface area contributed by atoms with E-state index in [1.807, 2.05) is 12.1 Å². The quantitative estimate of drug-likeness (QED) is 0.890. The van der Waals surface area contributed by atoms with Crippen LogP contribution in [0.25, 0.3) is 0 Å². The molecule has 110 valence electrons. The van der Waals surface area contributed by atoms with Gasteiger partial charge in [-0.25, -0.2) is 0 Å². The van der Waals surface area contributed by atoms with Gasteiger partial charge in [0.15, 0.2) is 0 Å². The molecular weight excluding hydrogens is 293 g/mol. The van der Waals surface area contributed by atoms with Crippen LogP contribution in [0.15, 0.2) is 18.2 Å². The minimum Gasteiger partial charge on any atom is -0.378 e. The van der Waals surface area contributed by atoms with Gasteiger partial charge in [0, 0.05) is 5.41 Å². The Morgan fingerprint density at radius 1 is 1.30 bits per heavy atom. The van der Waals surface area contributed by atoms with Crippen LogP contribution in [-0.4, -0.2) is 25.8 Å². The third-order valence-electron chi connectivity index (χ3n) is 5.07. The third kappa shape index (κ3) is 2.27. The van der Waals surface area contributed by atoms with Gasteiger partial charge < -0.3 is 10.1 Å². The van der Waals surface area contributed by atoms with E-state index in [-0.39, 0.29) is 5.41 Å². The topological polar surface area (TPSA) is 21.3 Å². The minimum absolute atomic E-state index is 0.142. The molecule has 4 atom stereocenters. The zero-order valence-electron chi connectivity index (χ0n) is 12.0. The van der Waals surface area contributed by atoms with Crippen LogP contribution in [0.1, 0.15) is 25.8 Å². The SMILES string of the molecule is CCC(C)OCC1(c2ccc(Cl)c(Cl)c2)C2CNC[C@H]21. The zero-order valence-corrected chi connectivity index (χ0v) is 13.5. The summed E-state index contributed by atoms with van der Waals surface area (Å²) in [6.45, 7) is 7.24. The molecule has 0 amide bonds. The van der Waals surface area contributed by atoms with E-state index in [0.717, 1.165) is 26.1 Å².